The average Bonchev–Trinajstić information content (AvgIpc) is 2.39. The highest BCUT2D eigenvalue weighted by Gasteiger charge is 2.26. The fourth-order valence-corrected chi connectivity index (χ4v) is 2.85. The van der Waals surface area contributed by atoms with E-state index in [1.54, 1.807) is 0 Å². The maximum Gasteiger partial charge on any atom is 0.356 e. The number of morpholine rings is 1. The minimum Gasteiger partial charge on any atom is -0.476 e. The number of aromatic nitrogens is 1. The van der Waals surface area contributed by atoms with Crippen molar-refractivity contribution in [3.63, 3.8) is 0 Å². The summed E-state index contributed by atoms with van der Waals surface area (Å²) in [5, 5.41) is 8.94. The first-order chi connectivity index (χ1) is 9.00. The zero-order valence-corrected chi connectivity index (χ0v) is 10.8. The van der Waals surface area contributed by atoms with Crippen LogP contribution in [-0.4, -0.2) is 55.1 Å². The highest BCUT2D eigenvalue weighted by Crippen LogP contribution is 2.16. The van der Waals surface area contributed by atoms with Gasteiger partial charge in [-0.05, 0) is 12.1 Å². The highest BCUT2D eigenvalue weighted by atomic mass is 32.2. The van der Waals surface area contributed by atoms with Crippen LogP contribution in [0.25, 0.3) is 0 Å². The van der Waals surface area contributed by atoms with Gasteiger partial charge >= 0.3 is 16.2 Å². The second-order valence-corrected chi connectivity index (χ2v) is 5.49. The normalized spacial score (nSPS) is 17.1. The number of pyridine rings is 1. The number of nitrogens with one attached hydrogen (secondary N) is 1. The third-order valence-electron chi connectivity index (χ3n) is 2.56. The van der Waals surface area contributed by atoms with Gasteiger partial charge in [-0.2, -0.15) is 12.7 Å². The Hall–Kier alpha value is -1.71. The number of ether oxygens (including phenoxy) is 1. The molecule has 9 heteroatoms. The summed E-state index contributed by atoms with van der Waals surface area (Å²) in [5.74, 6) is -1.29. The molecule has 0 bridgehead atoms. The lowest BCUT2D eigenvalue weighted by molar-refractivity contribution is 0.0691. The van der Waals surface area contributed by atoms with Gasteiger partial charge in [0, 0.05) is 19.3 Å². The first-order valence-electron chi connectivity index (χ1n) is 5.54. The number of carboxylic acid groups (broad SMARTS) is 1. The Morgan fingerprint density at radius 2 is 2.11 bits per heavy atom. The largest absolute Gasteiger partial charge is 0.476 e. The molecule has 0 atom stereocenters. The zero-order chi connectivity index (χ0) is 13.9. The zero-order valence-electron chi connectivity index (χ0n) is 9.94. The number of hydrogen-bond acceptors (Lipinski definition) is 5. The van der Waals surface area contributed by atoms with E-state index in [9.17, 15) is 13.2 Å². The van der Waals surface area contributed by atoms with Crippen molar-refractivity contribution < 1.29 is 23.1 Å². The Labute approximate surface area is 110 Å². The van der Waals surface area contributed by atoms with E-state index in [2.05, 4.69) is 9.71 Å². The second kappa shape index (κ2) is 5.51. The number of carboxylic acids is 1. The first kappa shape index (κ1) is 13.7. The quantitative estimate of drug-likeness (QED) is 0.791. The minimum atomic E-state index is -3.79. The summed E-state index contributed by atoms with van der Waals surface area (Å²) in [6.45, 7) is 1.11. The first-order valence-corrected chi connectivity index (χ1v) is 6.98. The third kappa shape index (κ3) is 3.19. The standard InChI is InChI=1S/C10H13N3O5S/c14-10(15)9-8(2-1-3-11-9)12-19(16,17)13-4-6-18-7-5-13/h1-3,12H,4-7H2,(H,14,15). The van der Waals surface area contributed by atoms with Gasteiger partial charge in [-0.25, -0.2) is 9.78 Å². The summed E-state index contributed by atoms with van der Waals surface area (Å²) in [4.78, 5) is 14.6. The number of anilines is 1. The second-order valence-electron chi connectivity index (χ2n) is 3.82. The molecule has 2 rings (SSSR count). The fraction of sp³-hybridized carbons (Fsp3) is 0.400. The summed E-state index contributed by atoms with van der Waals surface area (Å²) < 4.78 is 32.6. The SMILES string of the molecule is O=C(O)c1ncccc1NS(=O)(=O)N1CCOCC1. The Balaban J connectivity index is 2.22. The van der Waals surface area contributed by atoms with E-state index in [0.29, 0.717) is 13.2 Å². The molecule has 0 aromatic carbocycles. The van der Waals surface area contributed by atoms with Crippen molar-refractivity contribution >= 4 is 21.9 Å². The molecular weight excluding hydrogens is 274 g/mol. The summed E-state index contributed by atoms with van der Waals surface area (Å²) >= 11 is 0. The summed E-state index contributed by atoms with van der Waals surface area (Å²) in [5.41, 5.74) is -0.388. The van der Waals surface area contributed by atoms with Gasteiger partial charge in [-0.15, -0.1) is 0 Å². The van der Waals surface area contributed by atoms with E-state index in [4.69, 9.17) is 9.84 Å². The van der Waals surface area contributed by atoms with Crippen LogP contribution in [0, 0.1) is 0 Å². The molecule has 0 saturated carbocycles. The molecule has 8 nitrogen and oxygen atoms in total. The lowest BCUT2D eigenvalue weighted by Crippen LogP contribution is -2.43. The van der Waals surface area contributed by atoms with Crippen molar-refractivity contribution in [2.75, 3.05) is 31.0 Å². The van der Waals surface area contributed by atoms with Crippen LogP contribution < -0.4 is 4.72 Å². The monoisotopic (exact) mass is 287 g/mol. The van der Waals surface area contributed by atoms with Gasteiger partial charge in [0.05, 0.1) is 18.9 Å². The van der Waals surface area contributed by atoms with Crippen molar-refractivity contribution in [2.24, 2.45) is 0 Å². The van der Waals surface area contributed by atoms with E-state index in [-0.39, 0.29) is 24.5 Å². The van der Waals surface area contributed by atoms with Crippen LogP contribution >= 0.6 is 0 Å². The van der Waals surface area contributed by atoms with Gasteiger partial charge in [-0.3, -0.25) is 4.72 Å². The lowest BCUT2D eigenvalue weighted by atomic mass is 10.3. The molecule has 0 aliphatic carbocycles. The molecule has 0 spiro atoms. The highest BCUT2D eigenvalue weighted by molar-refractivity contribution is 7.90. The van der Waals surface area contributed by atoms with Gasteiger partial charge in [0.25, 0.3) is 0 Å². The van der Waals surface area contributed by atoms with Crippen LogP contribution in [-0.2, 0) is 14.9 Å². The third-order valence-corrected chi connectivity index (χ3v) is 4.08. The molecular formula is C10H13N3O5S. The maximum absolute atomic E-state index is 12.1. The molecule has 2 heterocycles. The van der Waals surface area contributed by atoms with Crippen LogP contribution in [0.3, 0.4) is 0 Å². The van der Waals surface area contributed by atoms with Gasteiger partial charge in [0.2, 0.25) is 0 Å². The molecule has 1 aliphatic heterocycles. The predicted octanol–water partition coefficient (Wildman–Crippen LogP) is -0.231. The smallest absolute Gasteiger partial charge is 0.356 e. The van der Waals surface area contributed by atoms with Gasteiger partial charge in [0.15, 0.2) is 5.69 Å². The fourth-order valence-electron chi connectivity index (χ4n) is 1.65. The van der Waals surface area contributed by atoms with E-state index in [0.717, 1.165) is 0 Å². The Morgan fingerprint density at radius 1 is 1.42 bits per heavy atom. The van der Waals surface area contributed by atoms with Gasteiger partial charge < -0.3 is 9.84 Å². The van der Waals surface area contributed by atoms with E-state index in [1.165, 1.54) is 22.6 Å². The number of aromatic carboxylic acids is 1. The predicted molar refractivity (Wildman–Crippen MR) is 66.1 cm³/mol. The van der Waals surface area contributed by atoms with Crippen LogP contribution in [0.5, 0.6) is 0 Å². The van der Waals surface area contributed by atoms with E-state index >= 15 is 0 Å². The number of rotatable bonds is 4. The van der Waals surface area contributed by atoms with Crippen LogP contribution in [0.1, 0.15) is 10.5 Å². The molecule has 1 saturated heterocycles. The molecule has 1 fully saturated rings. The maximum atomic E-state index is 12.1. The van der Waals surface area contributed by atoms with Crippen LogP contribution in [0.2, 0.25) is 0 Å². The summed E-state index contributed by atoms with van der Waals surface area (Å²) in [6.07, 6.45) is 1.29. The summed E-state index contributed by atoms with van der Waals surface area (Å²) in [7, 11) is -3.79. The summed E-state index contributed by atoms with van der Waals surface area (Å²) in [6, 6.07) is 2.82. The number of carbonyl (C=O) groups is 1. The molecule has 1 aromatic heterocycles. The minimum absolute atomic E-state index is 0.0542. The van der Waals surface area contributed by atoms with E-state index < -0.39 is 16.2 Å². The van der Waals surface area contributed by atoms with Crippen molar-refractivity contribution in [1.29, 1.82) is 0 Å². The average molecular weight is 287 g/mol. The van der Waals surface area contributed by atoms with Gasteiger partial charge in [-0.1, -0.05) is 0 Å². The topological polar surface area (TPSA) is 109 Å². The Morgan fingerprint density at radius 3 is 2.74 bits per heavy atom. The molecule has 19 heavy (non-hydrogen) atoms. The Kier molecular flexibility index (Phi) is 3.98. The molecule has 2 N–H and O–H groups in total. The van der Waals surface area contributed by atoms with Gasteiger partial charge in [0.1, 0.15) is 0 Å². The van der Waals surface area contributed by atoms with Crippen molar-refractivity contribution in [3.05, 3.63) is 24.0 Å². The lowest BCUT2D eigenvalue weighted by Gasteiger charge is -2.26. The molecule has 0 amide bonds. The van der Waals surface area contributed by atoms with Crippen molar-refractivity contribution in [1.82, 2.24) is 9.29 Å². The molecule has 1 aliphatic rings. The van der Waals surface area contributed by atoms with Crippen LogP contribution in [0.15, 0.2) is 18.3 Å². The Bertz CT molecular complexity index is 568. The molecule has 0 radical (unpaired) electrons. The van der Waals surface area contributed by atoms with Crippen molar-refractivity contribution in [2.45, 2.75) is 0 Å². The van der Waals surface area contributed by atoms with Crippen molar-refractivity contribution in [3.8, 4) is 0 Å². The number of hydrogen-bond donors (Lipinski definition) is 2. The van der Waals surface area contributed by atoms with Crippen LogP contribution in [0.4, 0.5) is 5.69 Å². The molecule has 1 aromatic rings. The van der Waals surface area contributed by atoms with E-state index in [1.807, 2.05) is 0 Å². The number of nitrogens with zero attached hydrogens (tertiary/aromatic N) is 2. The molecule has 0 unspecified atom stereocenters. The molecule has 104 valence electrons.